The number of nitro groups is 1. The third-order valence-electron chi connectivity index (χ3n) is 3.72. The number of carboxylic acid groups (broad SMARTS) is 1. The number of amides is 1. The summed E-state index contributed by atoms with van der Waals surface area (Å²) in [5.74, 6) is -1.83. The number of rotatable bonds is 3. The Hall–Kier alpha value is -2.44. The smallest absolute Gasteiger partial charge is 0.308 e. The highest BCUT2D eigenvalue weighted by Crippen LogP contribution is 2.23. The van der Waals surface area contributed by atoms with Gasteiger partial charge in [-0.2, -0.15) is 0 Å². The number of nitrogens with zero attached hydrogens (tertiary/aromatic N) is 2. The molecule has 2 rings (SSSR count). The van der Waals surface area contributed by atoms with Crippen molar-refractivity contribution in [2.45, 2.75) is 19.8 Å². The van der Waals surface area contributed by atoms with Gasteiger partial charge in [-0.3, -0.25) is 19.7 Å². The molecule has 1 aromatic rings. The molecule has 0 saturated carbocycles. The van der Waals surface area contributed by atoms with Gasteiger partial charge in [-0.1, -0.05) is 6.07 Å². The first-order chi connectivity index (χ1) is 9.90. The number of carbonyl (C=O) groups excluding carboxylic acids is 1. The maximum atomic E-state index is 12.5. The highest BCUT2D eigenvalue weighted by Gasteiger charge is 2.29. The van der Waals surface area contributed by atoms with Gasteiger partial charge in [0.15, 0.2) is 0 Å². The van der Waals surface area contributed by atoms with E-state index in [1.54, 1.807) is 6.92 Å². The molecule has 0 radical (unpaired) electrons. The van der Waals surface area contributed by atoms with E-state index in [1.165, 1.54) is 23.1 Å². The Morgan fingerprint density at radius 2 is 2.14 bits per heavy atom. The molecule has 1 aliphatic rings. The molecule has 1 amide bonds. The number of likely N-dealkylation sites (tertiary alicyclic amines) is 1. The van der Waals surface area contributed by atoms with Gasteiger partial charge in [0, 0.05) is 30.8 Å². The topological polar surface area (TPSA) is 101 Å². The minimum atomic E-state index is -0.914. The first kappa shape index (κ1) is 15.0. The predicted molar refractivity (Wildman–Crippen MR) is 74.1 cm³/mol. The number of aryl methyl sites for hydroxylation is 1. The number of non-ortho nitro benzene ring substituents is 1. The Morgan fingerprint density at radius 3 is 2.76 bits per heavy atom. The molecule has 0 unspecified atom stereocenters. The Kier molecular flexibility index (Phi) is 4.21. The van der Waals surface area contributed by atoms with Crippen molar-refractivity contribution in [1.29, 1.82) is 0 Å². The summed E-state index contributed by atoms with van der Waals surface area (Å²) in [5.41, 5.74) is 0.758. The van der Waals surface area contributed by atoms with E-state index in [0.29, 0.717) is 24.9 Å². The first-order valence-electron chi connectivity index (χ1n) is 6.67. The fourth-order valence-electron chi connectivity index (χ4n) is 2.49. The fourth-order valence-corrected chi connectivity index (χ4v) is 2.49. The second-order valence-corrected chi connectivity index (χ2v) is 5.18. The van der Waals surface area contributed by atoms with Gasteiger partial charge in [-0.05, 0) is 25.3 Å². The number of benzene rings is 1. The van der Waals surface area contributed by atoms with E-state index in [2.05, 4.69) is 0 Å². The van der Waals surface area contributed by atoms with Crippen LogP contribution in [0, 0.1) is 23.0 Å². The lowest BCUT2D eigenvalue weighted by molar-refractivity contribution is -0.384. The molecule has 1 aromatic carbocycles. The minimum Gasteiger partial charge on any atom is -0.481 e. The molecule has 0 aliphatic carbocycles. The van der Waals surface area contributed by atoms with Crippen LogP contribution in [0.4, 0.5) is 5.69 Å². The molecule has 0 aromatic heterocycles. The van der Waals surface area contributed by atoms with Crippen molar-refractivity contribution in [3.63, 3.8) is 0 Å². The van der Waals surface area contributed by atoms with E-state index in [0.717, 1.165) is 0 Å². The van der Waals surface area contributed by atoms with Gasteiger partial charge in [0.2, 0.25) is 0 Å². The number of hydrogen-bond acceptors (Lipinski definition) is 4. The summed E-state index contributed by atoms with van der Waals surface area (Å²) in [6.07, 6.45) is 1.17. The van der Waals surface area contributed by atoms with Gasteiger partial charge >= 0.3 is 5.97 Å². The predicted octanol–water partition coefficient (Wildman–Crippen LogP) is 1.84. The van der Waals surface area contributed by atoms with Gasteiger partial charge in [0.25, 0.3) is 11.6 Å². The van der Waals surface area contributed by atoms with Crippen molar-refractivity contribution >= 4 is 17.6 Å². The largest absolute Gasteiger partial charge is 0.481 e. The van der Waals surface area contributed by atoms with Crippen LogP contribution in [0.3, 0.4) is 0 Å². The highest BCUT2D eigenvalue weighted by molar-refractivity contribution is 5.96. The number of nitro benzene ring substituents is 1. The van der Waals surface area contributed by atoms with Crippen LogP contribution in [0.2, 0.25) is 0 Å². The van der Waals surface area contributed by atoms with Gasteiger partial charge in [-0.15, -0.1) is 0 Å². The summed E-state index contributed by atoms with van der Waals surface area (Å²) >= 11 is 0. The number of hydrogen-bond donors (Lipinski definition) is 1. The van der Waals surface area contributed by atoms with Crippen molar-refractivity contribution in [2.75, 3.05) is 13.1 Å². The van der Waals surface area contributed by atoms with Crippen molar-refractivity contribution in [1.82, 2.24) is 4.90 Å². The van der Waals surface area contributed by atoms with E-state index >= 15 is 0 Å². The average molecular weight is 292 g/mol. The molecule has 1 N–H and O–H groups in total. The summed E-state index contributed by atoms with van der Waals surface area (Å²) in [6, 6.07) is 4.13. The summed E-state index contributed by atoms with van der Waals surface area (Å²) in [5, 5.41) is 19.9. The van der Waals surface area contributed by atoms with E-state index in [1.807, 2.05) is 0 Å². The molecule has 112 valence electrons. The third-order valence-corrected chi connectivity index (χ3v) is 3.72. The average Bonchev–Trinajstić information content (AvgIpc) is 2.47. The molecular formula is C14H16N2O5. The lowest BCUT2D eigenvalue weighted by atomic mass is 9.97. The zero-order valence-corrected chi connectivity index (χ0v) is 11.6. The SMILES string of the molecule is Cc1ccc([N+](=O)[O-])cc1C(=O)N1CCC[C@@H](C(=O)O)C1. The van der Waals surface area contributed by atoms with E-state index in [4.69, 9.17) is 5.11 Å². The number of piperidine rings is 1. The van der Waals surface area contributed by atoms with Gasteiger partial charge in [0.05, 0.1) is 10.8 Å². The van der Waals surface area contributed by atoms with Gasteiger partial charge < -0.3 is 10.0 Å². The highest BCUT2D eigenvalue weighted by atomic mass is 16.6. The molecule has 7 nitrogen and oxygen atoms in total. The summed E-state index contributed by atoms with van der Waals surface area (Å²) in [6.45, 7) is 2.33. The lowest BCUT2D eigenvalue weighted by Gasteiger charge is -2.31. The van der Waals surface area contributed by atoms with E-state index in [9.17, 15) is 19.7 Å². The van der Waals surface area contributed by atoms with E-state index in [-0.39, 0.29) is 23.7 Å². The lowest BCUT2D eigenvalue weighted by Crippen LogP contribution is -2.42. The zero-order chi connectivity index (χ0) is 15.6. The monoisotopic (exact) mass is 292 g/mol. The van der Waals surface area contributed by atoms with Crippen molar-refractivity contribution in [3.8, 4) is 0 Å². The Bertz CT molecular complexity index is 599. The van der Waals surface area contributed by atoms with Crippen LogP contribution in [0.5, 0.6) is 0 Å². The zero-order valence-electron chi connectivity index (χ0n) is 11.6. The Morgan fingerprint density at radius 1 is 1.43 bits per heavy atom. The standard InChI is InChI=1S/C14H16N2O5/c1-9-4-5-11(16(20)21)7-12(9)13(17)15-6-2-3-10(8-15)14(18)19/h4-5,7,10H,2-3,6,8H2,1H3,(H,18,19)/t10-/m1/s1. The van der Waals surface area contributed by atoms with Crippen molar-refractivity contribution < 1.29 is 19.6 Å². The van der Waals surface area contributed by atoms with Crippen LogP contribution in [0.25, 0.3) is 0 Å². The quantitative estimate of drug-likeness (QED) is 0.676. The van der Waals surface area contributed by atoms with E-state index < -0.39 is 16.8 Å². The molecule has 1 aliphatic heterocycles. The maximum Gasteiger partial charge on any atom is 0.308 e. The second-order valence-electron chi connectivity index (χ2n) is 5.18. The maximum absolute atomic E-state index is 12.5. The first-order valence-corrected chi connectivity index (χ1v) is 6.67. The number of carbonyl (C=O) groups is 2. The van der Waals surface area contributed by atoms with Gasteiger partial charge in [0.1, 0.15) is 0 Å². The van der Waals surface area contributed by atoms with Crippen LogP contribution in [-0.4, -0.2) is 39.9 Å². The van der Waals surface area contributed by atoms with Crippen LogP contribution in [-0.2, 0) is 4.79 Å². The fraction of sp³-hybridized carbons (Fsp3) is 0.429. The third kappa shape index (κ3) is 3.18. The second kappa shape index (κ2) is 5.90. The molecule has 0 spiro atoms. The molecule has 0 bridgehead atoms. The summed E-state index contributed by atoms with van der Waals surface area (Å²) in [7, 11) is 0. The number of aliphatic carboxylic acids is 1. The molecule has 1 heterocycles. The van der Waals surface area contributed by atoms with Crippen LogP contribution < -0.4 is 0 Å². The van der Waals surface area contributed by atoms with Crippen LogP contribution in [0.15, 0.2) is 18.2 Å². The Balaban J connectivity index is 2.25. The van der Waals surface area contributed by atoms with Crippen molar-refractivity contribution in [2.24, 2.45) is 5.92 Å². The Labute approximate surface area is 121 Å². The van der Waals surface area contributed by atoms with Crippen molar-refractivity contribution in [3.05, 3.63) is 39.4 Å². The normalized spacial score (nSPS) is 18.3. The molecular weight excluding hydrogens is 276 g/mol. The number of carboxylic acids is 1. The molecule has 1 fully saturated rings. The van der Waals surface area contributed by atoms with Gasteiger partial charge in [-0.25, -0.2) is 0 Å². The minimum absolute atomic E-state index is 0.143. The molecule has 21 heavy (non-hydrogen) atoms. The molecule has 1 atom stereocenters. The summed E-state index contributed by atoms with van der Waals surface area (Å²) < 4.78 is 0. The molecule has 1 saturated heterocycles. The summed E-state index contributed by atoms with van der Waals surface area (Å²) in [4.78, 5) is 35.2. The van der Waals surface area contributed by atoms with Crippen LogP contribution >= 0.6 is 0 Å². The van der Waals surface area contributed by atoms with Crippen LogP contribution in [0.1, 0.15) is 28.8 Å². The molecule has 7 heteroatoms.